The first-order chi connectivity index (χ1) is 16.2. The minimum absolute atomic E-state index is 0.180. The Hall–Kier alpha value is -4.24. The molecule has 3 amide bonds. The maximum Gasteiger partial charge on any atom is 0.418 e. The number of urea groups is 1. The molecule has 1 aliphatic heterocycles. The van der Waals surface area contributed by atoms with Gasteiger partial charge < -0.3 is 14.5 Å². The number of cyclic esters (lactones) is 1. The van der Waals surface area contributed by atoms with Crippen LogP contribution >= 0.6 is 11.3 Å². The van der Waals surface area contributed by atoms with E-state index in [0.717, 1.165) is 20.6 Å². The third-order valence-electron chi connectivity index (χ3n) is 5.34. The van der Waals surface area contributed by atoms with Crippen molar-refractivity contribution in [2.75, 3.05) is 18.5 Å². The number of amides is 3. The Labute approximate surface area is 191 Å². The van der Waals surface area contributed by atoms with Crippen LogP contribution in [0.25, 0.3) is 43.3 Å². The Kier molecular flexibility index (Phi) is 4.55. The maximum absolute atomic E-state index is 12.8. The number of carbonyl (C=O) groups excluding carboxylic acids is 2. The number of ether oxygens (including phenoxy) is 1. The number of thiazole rings is 1. The maximum atomic E-state index is 12.8. The number of anilines is 1. The Morgan fingerprint density at radius 2 is 1.79 bits per heavy atom. The van der Waals surface area contributed by atoms with Crippen molar-refractivity contribution < 1.29 is 18.7 Å². The summed E-state index contributed by atoms with van der Waals surface area (Å²) >= 11 is 1.50. The molecule has 33 heavy (non-hydrogen) atoms. The lowest BCUT2D eigenvalue weighted by Crippen LogP contribution is -2.35. The molecule has 162 valence electrons. The molecular weight excluding hydrogens is 440 g/mol. The lowest BCUT2D eigenvalue weighted by atomic mass is 10.1. The Morgan fingerprint density at radius 1 is 0.970 bits per heavy atom. The summed E-state index contributed by atoms with van der Waals surface area (Å²) in [6, 6.07) is 20.2. The average molecular weight is 456 g/mol. The smallest absolute Gasteiger partial charge is 0.418 e. The van der Waals surface area contributed by atoms with Crippen LogP contribution in [0.3, 0.4) is 0 Å². The molecule has 0 spiro atoms. The normalized spacial score (nSPS) is 13.6. The van der Waals surface area contributed by atoms with Gasteiger partial charge in [-0.25, -0.2) is 24.5 Å². The summed E-state index contributed by atoms with van der Waals surface area (Å²) in [5, 5.41) is 3.56. The number of imide groups is 1. The highest BCUT2D eigenvalue weighted by Crippen LogP contribution is 2.41. The fourth-order valence-corrected chi connectivity index (χ4v) is 4.83. The number of hydrogen-bond acceptors (Lipinski definition) is 7. The molecule has 9 heteroatoms. The fraction of sp³-hybridized carbons (Fsp3) is 0.0833. The molecule has 0 aliphatic carbocycles. The molecule has 1 N–H and O–H groups in total. The number of nitrogens with zero attached hydrogens (tertiary/aromatic N) is 3. The van der Waals surface area contributed by atoms with Crippen molar-refractivity contribution in [2.45, 2.75) is 0 Å². The van der Waals surface area contributed by atoms with Gasteiger partial charge in [0.25, 0.3) is 0 Å². The third-order valence-corrected chi connectivity index (χ3v) is 6.40. The standard InChI is InChI=1S/C24H16N4O4S/c29-23(28-12-13-31-24(28)30)27-17-9-5-6-14(21-25-15-7-1-3-10-18(15)32-21)20(17)22-26-16-8-2-4-11-19(16)33-22/h1-11H,12-13H2,(H,27,29). The number of rotatable bonds is 3. The van der Waals surface area contributed by atoms with Gasteiger partial charge in [0, 0.05) is 11.1 Å². The highest BCUT2D eigenvalue weighted by Gasteiger charge is 2.30. The van der Waals surface area contributed by atoms with E-state index in [1.807, 2.05) is 54.6 Å². The number of nitrogens with one attached hydrogen (secondary N) is 1. The molecule has 1 aliphatic rings. The number of benzene rings is 3. The van der Waals surface area contributed by atoms with Crippen molar-refractivity contribution in [1.82, 2.24) is 14.9 Å². The molecule has 3 heterocycles. The molecule has 1 saturated heterocycles. The second kappa shape index (κ2) is 7.72. The van der Waals surface area contributed by atoms with E-state index < -0.39 is 12.1 Å². The highest BCUT2D eigenvalue weighted by atomic mass is 32.1. The van der Waals surface area contributed by atoms with Crippen molar-refractivity contribution in [3.8, 4) is 22.0 Å². The molecule has 0 atom stereocenters. The van der Waals surface area contributed by atoms with Crippen LogP contribution in [-0.4, -0.2) is 40.1 Å². The van der Waals surface area contributed by atoms with Crippen LogP contribution in [0.4, 0.5) is 15.3 Å². The van der Waals surface area contributed by atoms with Crippen LogP contribution in [0.2, 0.25) is 0 Å². The fourth-order valence-electron chi connectivity index (χ4n) is 3.79. The monoisotopic (exact) mass is 456 g/mol. The minimum Gasteiger partial charge on any atom is -0.447 e. The van der Waals surface area contributed by atoms with Crippen molar-refractivity contribution >= 4 is 50.5 Å². The van der Waals surface area contributed by atoms with Gasteiger partial charge in [-0.05, 0) is 36.4 Å². The largest absolute Gasteiger partial charge is 0.447 e. The summed E-state index contributed by atoms with van der Waals surface area (Å²) in [6.07, 6.45) is -0.663. The predicted octanol–water partition coefficient (Wildman–Crippen LogP) is 5.76. The Bertz CT molecular complexity index is 1470. The van der Waals surface area contributed by atoms with E-state index in [1.54, 1.807) is 12.1 Å². The van der Waals surface area contributed by atoms with Gasteiger partial charge in [0.15, 0.2) is 5.58 Å². The van der Waals surface area contributed by atoms with Crippen LogP contribution < -0.4 is 5.32 Å². The van der Waals surface area contributed by atoms with Gasteiger partial charge in [-0.3, -0.25) is 0 Å². The lowest BCUT2D eigenvalue weighted by molar-refractivity contribution is 0.161. The summed E-state index contributed by atoms with van der Waals surface area (Å²) in [5.41, 5.74) is 4.11. The van der Waals surface area contributed by atoms with E-state index in [2.05, 4.69) is 10.3 Å². The number of para-hydroxylation sites is 3. The number of aromatic nitrogens is 2. The third kappa shape index (κ3) is 3.39. The van der Waals surface area contributed by atoms with E-state index in [4.69, 9.17) is 14.1 Å². The first-order valence-electron chi connectivity index (χ1n) is 10.3. The SMILES string of the molecule is O=C(Nc1cccc(-c2nc3ccccc3o2)c1-c1nc2ccccc2s1)N1CCOC1=O. The van der Waals surface area contributed by atoms with Gasteiger partial charge in [-0.2, -0.15) is 0 Å². The van der Waals surface area contributed by atoms with Crippen LogP contribution in [0.5, 0.6) is 0 Å². The molecule has 2 aromatic heterocycles. The predicted molar refractivity (Wildman–Crippen MR) is 125 cm³/mol. The van der Waals surface area contributed by atoms with E-state index >= 15 is 0 Å². The second-order valence-electron chi connectivity index (χ2n) is 7.40. The molecule has 8 nitrogen and oxygen atoms in total. The zero-order valence-corrected chi connectivity index (χ0v) is 18.0. The molecule has 0 saturated carbocycles. The Morgan fingerprint density at radius 3 is 2.58 bits per heavy atom. The molecule has 0 unspecified atom stereocenters. The highest BCUT2D eigenvalue weighted by molar-refractivity contribution is 7.21. The molecule has 5 aromatic rings. The summed E-state index contributed by atoms with van der Waals surface area (Å²) < 4.78 is 11.9. The first-order valence-corrected chi connectivity index (χ1v) is 11.1. The van der Waals surface area contributed by atoms with E-state index in [-0.39, 0.29) is 13.2 Å². The van der Waals surface area contributed by atoms with Crippen molar-refractivity contribution in [3.63, 3.8) is 0 Å². The first kappa shape index (κ1) is 19.4. The molecule has 3 aromatic carbocycles. The summed E-state index contributed by atoms with van der Waals surface area (Å²) in [7, 11) is 0. The van der Waals surface area contributed by atoms with Crippen molar-refractivity contribution in [3.05, 3.63) is 66.7 Å². The Balaban J connectivity index is 1.52. The number of hydrogen-bond donors (Lipinski definition) is 1. The zero-order valence-electron chi connectivity index (χ0n) is 17.1. The molecule has 1 fully saturated rings. The minimum atomic E-state index is -0.663. The molecular formula is C24H16N4O4S. The molecule has 6 rings (SSSR count). The molecule has 0 radical (unpaired) electrons. The van der Waals surface area contributed by atoms with E-state index in [0.29, 0.717) is 33.3 Å². The van der Waals surface area contributed by atoms with Gasteiger partial charge in [0.05, 0.1) is 22.4 Å². The topological polar surface area (TPSA) is 97.6 Å². The number of carbonyl (C=O) groups is 2. The summed E-state index contributed by atoms with van der Waals surface area (Å²) in [4.78, 5) is 35.2. The van der Waals surface area contributed by atoms with Crippen LogP contribution in [0, 0.1) is 0 Å². The van der Waals surface area contributed by atoms with Crippen molar-refractivity contribution in [1.29, 1.82) is 0 Å². The lowest BCUT2D eigenvalue weighted by Gasteiger charge is -2.16. The average Bonchev–Trinajstić information content (AvgIpc) is 3.56. The van der Waals surface area contributed by atoms with Crippen LogP contribution in [0.1, 0.15) is 0 Å². The van der Waals surface area contributed by atoms with E-state index in [9.17, 15) is 9.59 Å². The number of oxazole rings is 1. The van der Waals surface area contributed by atoms with E-state index in [1.165, 1.54) is 11.3 Å². The van der Waals surface area contributed by atoms with Gasteiger partial charge >= 0.3 is 12.1 Å². The van der Waals surface area contributed by atoms with Crippen LogP contribution in [0.15, 0.2) is 71.1 Å². The summed E-state index contributed by atoms with van der Waals surface area (Å²) in [5.74, 6) is 0.419. The van der Waals surface area contributed by atoms with Crippen LogP contribution in [-0.2, 0) is 4.74 Å². The summed E-state index contributed by atoms with van der Waals surface area (Å²) in [6.45, 7) is 0.381. The van der Waals surface area contributed by atoms with Gasteiger partial charge in [-0.15, -0.1) is 11.3 Å². The second-order valence-corrected chi connectivity index (χ2v) is 8.43. The van der Waals surface area contributed by atoms with Gasteiger partial charge in [0.2, 0.25) is 5.89 Å². The van der Waals surface area contributed by atoms with Gasteiger partial charge in [-0.1, -0.05) is 30.3 Å². The number of fused-ring (bicyclic) bond motifs is 2. The quantitative estimate of drug-likeness (QED) is 0.371. The zero-order chi connectivity index (χ0) is 22.4. The molecule has 0 bridgehead atoms. The van der Waals surface area contributed by atoms with Crippen molar-refractivity contribution in [2.24, 2.45) is 0 Å². The van der Waals surface area contributed by atoms with Gasteiger partial charge in [0.1, 0.15) is 17.1 Å².